The molecule has 0 radical (unpaired) electrons. The summed E-state index contributed by atoms with van der Waals surface area (Å²) < 4.78 is 4.99. The van der Waals surface area contributed by atoms with E-state index in [1.807, 2.05) is 19.1 Å². The lowest BCUT2D eigenvalue weighted by molar-refractivity contribution is -0.142. The first-order chi connectivity index (χ1) is 7.06. The summed E-state index contributed by atoms with van der Waals surface area (Å²) in [7, 11) is 0. The molecule has 0 aliphatic heterocycles. The van der Waals surface area contributed by atoms with Crippen molar-refractivity contribution >= 4 is 5.97 Å². The molecule has 15 heavy (non-hydrogen) atoms. The molecule has 0 aliphatic rings. The maximum atomic E-state index is 10.9. The molecule has 2 heteroatoms. The van der Waals surface area contributed by atoms with E-state index in [1.54, 1.807) is 6.92 Å². The fraction of sp³-hybridized carbons (Fsp3) is 0.615. The van der Waals surface area contributed by atoms with Crippen LogP contribution in [0.1, 0.15) is 40.5 Å². The molecule has 2 nitrogen and oxygen atoms in total. The standard InChI is InChI=1S/C13H22O2/c1-5-13(14)15-10-12(4)9-7-6-8-11(2)3/h6-7,9,11H,5,8,10H2,1-4H3/b7-6+,12-9+. The summed E-state index contributed by atoms with van der Waals surface area (Å²) in [6, 6.07) is 0. The smallest absolute Gasteiger partial charge is 0.305 e. The largest absolute Gasteiger partial charge is 0.461 e. The molecule has 0 bridgehead atoms. The summed E-state index contributed by atoms with van der Waals surface area (Å²) in [4.78, 5) is 10.9. The first-order valence-electron chi connectivity index (χ1n) is 5.54. The number of carbonyl (C=O) groups excluding carboxylic acids is 1. The van der Waals surface area contributed by atoms with Gasteiger partial charge < -0.3 is 4.74 Å². The Balaban J connectivity index is 3.78. The van der Waals surface area contributed by atoms with Crippen molar-refractivity contribution in [2.24, 2.45) is 5.92 Å². The van der Waals surface area contributed by atoms with Crippen LogP contribution in [0.4, 0.5) is 0 Å². The van der Waals surface area contributed by atoms with Crippen molar-refractivity contribution in [3.8, 4) is 0 Å². The van der Waals surface area contributed by atoms with Gasteiger partial charge in [0.05, 0.1) is 0 Å². The Morgan fingerprint density at radius 3 is 2.60 bits per heavy atom. The Bertz CT molecular complexity index is 237. The minimum Gasteiger partial charge on any atom is -0.461 e. The van der Waals surface area contributed by atoms with E-state index in [2.05, 4.69) is 19.9 Å². The average Bonchev–Trinajstić information content (AvgIpc) is 2.20. The molecule has 0 heterocycles. The highest BCUT2D eigenvalue weighted by atomic mass is 16.5. The van der Waals surface area contributed by atoms with Crippen LogP contribution in [-0.2, 0) is 9.53 Å². The van der Waals surface area contributed by atoms with Crippen molar-refractivity contribution in [3.63, 3.8) is 0 Å². The van der Waals surface area contributed by atoms with Crippen LogP contribution in [0, 0.1) is 5.92 Å². The van der Waals surface area contributed by atoms with Crippen molar-refractivity contribution in [2.75, 3.05) is 6.61 Å². The number of rotatable bonds is 6. The first-order valence-corrected chi connectivity index (χ1v) is 5.54. The minimum absolute atomic E-state index is 0.145. The number of ether oxygens (including phenoxy) is 1. The molecule has 0 fully saturated rings. The van der Waals surface area contributed by atoms with E-state index in [0.717, 1.165) is 12.0 Å². The van der Waals surface area contributed by atoms with Gasteiger partial charge in [0, 0.05) is 6.42 Å². The van der Waals surface area contributed by atoms with Crippen LogP contribution in [-0.4, -0.2) is 12.6 Å². The van der Waals surface area contributed by atoms with E-state index in [4.69, 9.17) is 4.74 Å². The highest BCUT2D eigenvalue weighted by Crippen LogP contribution is 2.01. The maximum absolute atomic E-state index is 10.9. The normalized spacial score (nSPS) is 12.5. The molecule has 0 aromatic carbocycles. The van der Waals surface area contributed by atoms with Gasteiger partial charge in [0.2, 0.25) is 0 Å². The van der Waals surface area contributed by atoms with Gasteiger partial charge in [0.25, 0.3) is 0 Å². The number of esters is 1. The monoisotopic (exact) mass is 210 g/mol. The number of hydrogen-bond donors (Lipinski definition) is 0. The van der Waals surface area contributed by atoms with Gasteiger partial charge in [-0.2, -0.15) is 0 Å². The van der Waals surface area contributed by atoms with E-state index < -0.39 is 0 Å². The molecule has 0 rings (SSSR count). The van der Waals surface area contributed by atoms with Crippen LogP contribution < -0.4 is 0 Å². The minimum atomic E-state index is -0.145. The van der Waals surface area contributed by atoms with Crippen LogP contribution in [0.3, 0.4) is 0 Å². The van der Waals surface area contributed by atoms with Gasteiger partial charge in [-0.1, -0.05) is 39.0 Å². The Morgan fingerprint density at radius 2 is 2.07 bits per heavy atom. The fourth-order valence-corrected chi connectivity index (χ4v) is 0.928. The van der Waals surface area contributed by atoms with Crippen molar-refractivity contribution in [1.82, 2.24) is 0 Å². The molecule has 86 valence electrons. The predicted molar refractivity (Wildman–Crippen MR) is 63.6 cm³/mol. The third-order valence-electron chi connectivity index (χ3n) is 1.87. The highest BCUT2D eigenvalue weighted by molar-refractivity contribution is 5.69. The summed E-state index contributed by atoms with van der Waals surface area (Å²) in [5.74, 6) is 0.543. The van der Waals surface area contributed by atoms with Crippen molar-refractivity contribution in [2.45, 2.75) is 40.5 Å². The lowest BCUT2D eigenvalue weighted by Crippen LogP contribution is -2.04. The van der Waals surface area contributed by atoms with E-state index in [9.17, 15) is 4.79 Å². The Morgan fingerprint density at radius 1 is 1.40 bits per heavy atom. The maximum Gasteiger partial charge on any atom is 0.305 e. The van der Waals surface area contributed by atoms with Crippen molar-refractivity contribution in [3.05, 3.63) is 23.8 Å². The third-order valence-corrected chi connectivity index (χ3v) is 1.87. The summed E-state index contributed by atoms with van der Waals surface area (Å²) in [5.41, 5.74) is 1.07. The first kappa shape index (κ1) is 13.9. The van der Waals surface area contributed by atoms with E-state index in [-0.39, 0.29) is 5.97 Å². The lowest BCUT2D eigenvalue weighted by Gasteiger charge is -2.02. The molecule has 0 amide bonds. The molecular weight excluding hydrogens is 188 g/mol. The quantitative estimate of drug-likeness (QED) is 0.495. The number of allylic oxidation sites excluding steroid dienone is 3. The molecule has 0 spiro atoms. The highest BCUT2D eigenvalue weighted by Gasteiger charge is 1.97. The molecule has 0 saturated heterocycles. The topological polar surface area (TPSA) is 26.3 Å². The second-order valence-corrected chi connectivity index (χ2v) is 4.08. The zero-order chi connectivity index (χ0) is 11.7. The van der Waals surface area contributed by atoms with E-state index in [1.165, 1.54) is 0 Å². The second kappa shape index (κ2) is 8.27. The van der Waals surface area contributed by atoms with Crippen LogP contribution in [0.15, 0.2) is 23.8 Å². The fourth-order valence-electron chi connectivity index (χ4n) is 0.928. The van der Waals surface area contributed by atoms with Gasteiger partial charge in [-0.25, -0.2) is 0 Å². The molecule has 0 N–H and O–H groups in total. The molecule has 0 atom stereocenters. The predicted octanol–water partition coefficient (Wildman–Crippen LogP) is 3.49. The summed E-state index contributed by atoms with van der Waals surface area (Å²) in [6.45, 7) is 8.53. The average molecular weight is 210 g/mol. The molecule has 0 aliphatic carbocycles. The van der Waals surface area contributed by atoms with Crippen LogP contribution in [0.5, 0.6) is 0 Å². The Labute approximate surface area is 93.0 Å². The molecule has 0 aromatic rings. The third kappa shape index (κ3) is 9.26. The molecule has 0 aromatic heterocycles. The summed E-state index contributed by atoms with van der Waals surface area (Å²) in [6.07, 6.45) is 7.67. The zero-order valence-corrected chi connectivity index (χ0v) is 10.2. The van der Waals surface area contributed by atoms with Crippen molar-refractivity contribution < 1.29 is 9.53 Å². The molecular formula is C13H22O2. The summed E-state index contributed by atoms with van der Waals surface area (Å²) >= 11 is 0. The summed E-state index contributed by atoms with van der Waals surface area (Å²) in [5, 5.41) is 0. The van der Waals surface area contributed by atoms with Gasteiger partial charge in [0.15, 0.2) is 0 Å². The van der Waals surface area contributed by atoms with Gasteiger partial charge in [0.1, 0.15) is 6.61 Å². The second-order valence-electron chi connectivity index (χ2n) is 4.08. The molecule has 0 saturated carbocycles. The number of hydrogen-bond acceptors (Lipinski definition) is 2. The van der Waals surface area contributed by atoms with Crippen molar-refractivity contribution in [1.29, 1.82) is 0 Å². The van der Waals surface area contributed by atoms with Crippen LogP contribution in [0.2, 0.25) is 0 Å². The Hall–Kier alpha value is -1.05. The van der Waals surface area contributed by atoms with E-state index in [0.29, 0.717) is 18.9 Å². The van der Waals surface area contributed by atoms with Crippen LogP contribution >= 0.6 is 0 Å². The SMILES string of the molecule is CCC(=O)OC/C(C)=C/C=C/CC(C)C. The Kier molecular flexibility index (Phi) is 7.69. The van der Waals surface area contributed by atoms with Gasteiger partial charge in [-0.05, 0) is 24.8 Å². The number of carbonyl (C=O) groups is 1. The van der Waals surface area contributed by atoms with Gasteiger partial charge in [-0.3, -0.25) is 4.79 Å². The molecule has 0 unspecified atom stereocenters. The zero-order valence-electron chi connectivity index (χ0n) is 10.2. The lowest BCUT2D eigenvalue weighted by atomic mass is 10.1. The van der Waals surface area contributed by atoms with Gasteiger partial charge in [-0.15, -0.1) is 0 Å². The van der Waals surface area contributed by atoms with Gasteiger partial charge >= 0.3 is 5.97 Å². The van der Waals surface area contributed by atoms with Crippen LogP contribution in [0.25, 0.3) is 0 Å². The van der Waals surface area contributed by atoms with E-state index >= 15 is 0 Å².